The molecule has 0 heterocycles. The van der Waals surface area contributed by atoms with Gasteiger partial charge in [0.1, 0.15) is 11.8 Å². The molecule has 1 aliphatic rings. The summed E-state index contributed by atoms with van der Waals surface area (Å²) in [7, 11) is 0. The Hall–Kier alpha value is -2.24. The van der Waals surface area contributed by atoms with Crippen molar-refractivity contribution < 1.29 is 14.3 Å². The summed E-state index contributed by atoms with van der Waals surface area (Å²) in [6, 6.07) is 10.4. The molecular formula is C25H30Cl2N2O3. The fraction of sp³-hybridized carbons (Fsp3) is 0.440. The summed E-state index contributed by atoms with van der Waals surface area (Å²) in [5.41, 5.74) is 2.66. The van der Waals surface area contributed by atoms with Crippen LogP contribution in [0.2, 0.25) is 10.0 Å². The summed E-state index contributed by atoms with van der Waals surface area (Å²) in [4.78, 5) is 27.6. The Morgan fingerprint density at radius 1 is 1.09 bits per heavy atom. The highest BCUT2D eigenvalue weighted by Crippen LogP contribution is 2.26. The number of carbonyl (C=O) groups excluding carboxylic acids is 2. The van der Waals surface area contributed by atoms with Crippen molar-refractivity contribution in [1.29, 1.82) is 0 Å². The number of rotatable bonds is 8. The molecule has 2 aromatic rings. The standard InChI is InChI=1S/C25H30Cl2N2O3/c1-16-12-22(13-17(2)24(16)27)32-15-23(30)29(14-19-8-10-20(26)11-9-19)18(3)25(31)28-21-6-4-5-7-21/h8-13,18,21H,4-7,14-15H2,1-3H3,(H,28,31). The second-order valence-corrected chi connectivity index (χ2v) is 9.29. The van der Waals surface area contributed by atoms with Crippen molar-refractivity contribution in [3.8, 4) is 5.75 Å². The van der Waals surface area contributed by atoms with E-state index in [1.165, 1.54) is 0 Å². The van der Waals surface area contributed by atoms with Gasteiger partial charge in [0.2, 0.25) is 5.91 Å². The maximum atomic E-state index is 13.2. The first kappa shape index (κ1) is 24.4. The predicted octanol–water partition coefficient (Wildman–Crippen LogP) is 5.47. The Morgan fingerprint density at radius 3 is 2.28 bits per heavy atom. The molecule has 172 valence electrons. The van der Waals surface area contributed by atoms with Crippen molar-refractivity contribution in [3.05, 3.63) is 63.1 Å². The molecule has 0 radical (unpaired) electrons. The van der Waals surface area contributed by atoms with Crippen LogP contribution in [-0.2, 0) is 16.1 Å². The minimum absolute atomic E-state index is 0.141. The number of nitrogens with zero attached hydrogens (tertiary/aromatic N) is 1. The molecule has 3 rings (SSSR count). The van der Waals surface area contributed by atoms with Gasteiger partial charge < -0.3 is 15.0 Å². The quantitative estimate of drug-likeness (QED) is 0.549. The summed E-state index contributed by atoms with van der Waals surface area (Å²) < 4.78 is 5.78. The summed E-state index contributed by atoms with van der Waals surface area (Å²) in [5, 5.41) is 4.40. The minimum Gasteiger partial charge on any atom is -0.484 e. The highest BCUT2D eigenvalue weighted by atomic mass is 35.5. The number of ether oxygens (including phenoxy) is 1. The monoisotopic (exact) mass is 476 g/mol. The van der Waals surface area contributed by atoms with E-state index in [9.17, 15) is 9.59 Å². The molecule has 1 atom stereocenters. The van der Waals surface area contributed by atoms with Crippen LogP contribution in [0.25, 0.3) is 0 Å². The van der Waals surface area contributed by atoms with Crippen LogP contribution in [0, 0.1) is 13.8 Å². The Kier molecular flexibility index (Phi) is 8.44. The van der Waals surface area contributed by atoms with E-state index in [1.807, 2.05) is 38.1 Å². The fourth-order valence-corrected chi connectivity index (χ4v) is 4.21. The van der Waals surface area contributed by atoms with E-state index in [1.54, 1.807) is 24.0 Å². The Labute approximate surface area is 200 Å². The lowest BCUT2D eigenvalue weighted by Gasteiger charge is -2.29. The van der Waals surface area contributed by atoms with Gasteiger partial charge in [-0.3, -0.25) is 9.59 Å². The molecule has 0 spiro atoms. The zero-order valence-electron chi connectivity index (χ0n) is 18.8. The molecule has 2 aromatic carbocycles. The number of nitrogens with one attached hydrogen (secondary N) is 1. The SMILES string of the molecule is Cc1cc(OCC(=O)N(Cc2ccc(Cl)cc2)C(C)C(=O)NC2CCCC2)cc(C)c1Cl. The third kappa shape index (κ3) is 6.39. The maximum Gasteiger partial charge on any atom is 0.261 e. The number of aryl methyl sites for hydroxylation is 2. The molecule has 32 heavy (non-hydrogen) atoms. The lowest BCUT2D eigenvalue weighted by Crippen LogP contribution is -2.50. The number of hydrogen-bond acceptors (Lipinski definition) is 3. The lowest BCUT2D eigenvalue weighted by molar-refractivity contribution is -0.142. The van der Waals surface area contributed by atoms with Gasteiger partial charge in [-0.1, -0.05) is 48.2 Å². The number of carbonyl (C=O) groups is 2. The second kappa shape index (κ2) is 11.1. The molecule has 1 unspecified atom stereocenters. The molecule has 7 heteroatoms. The van der Waals surface area contributed by atoms with Crippen LogP contribution in [0.5, 0.6) is 5.75 Å². The summed E-state index contributed by atoms with van der Waals surface area (Å²) in [6.07, 6.45) is 4.23. The molecule has 1 aliphatic carbocycles. The number of benzene rings is 2. The summed E-state index contributed by atoms with van der Waals surface area (Å²) in [6.45, 7) is 5.67. The molecule has 1 saturated carbocycles. The van der Waals surface area contributed by atoms with Crippen molar-refractivity contribution in [2.75, 3.05) is 6.61 Å². The second-order valence-electron chi connectivity index (χ2n) is 8.47. The largest absolute Gasteiger partial charge is 0.484 e. The van der Waals surface area contributed by atoms with Crippen LogP contribution >= 0.6 is 23.2 Å². The van der Waals surface area contributed by atoms with Gasteiger partial charge in [0.05, 0.1) is 0 Å². The van der Waals surface area contributed by atoms with Crippen LogP contribution < -0.4 is 10.1 Å². The van der Waals surface area contributed by atoms with Gasteiger partial charge in [-0.2, -0.15) is 0 Å². The van der Waals surface area contributed by atoms with Crippen molar-refractivity contribution in [3.63, 3.8) is 0 Å². The third-order valence-corrected chi connectivity index (χ3v) is 6.76. The smallest absolute Gasteiger partial charge is 0.261 e. The normalized spacial score (nSPS) is 14.8. The highest BCUT2D eigenvalue weighted by Gasteiger charge is 2.28. The van der Waals surface area contributed by atoms with Crippen molar-refractivity contribution in [1.82, 2.24) is 10.2 Å². The van der Waals surface area contributed by atoms with Crippen LogP contribution in [0.15, 0.2) is 36.4 Å². The van der Waals surface area contributed by atoms with Gasteiger partial charge in [0.25, 0.3) is 5.91 Å². The van der Waals surface area contributed by atoms with Crippen LogP contribution in [0.3, 0.4) is 0 Å². The Balaban J connectivity index is 1.73. The van der Waals surface area contributed by atoms with E-state index < -0.39 is 6.04 Å². The van der Waals surface area contributed by atoms with E-state index in [2.05, 4.69) is 5.32 Å². The molecule has 0 saturated heterocycles. The molecule has 1 fully saturated rings. The zero-order chi connectivity index (χ0) is 23.3. The molecule has 5 nitrogen and oxygen atoms in total. The first-order valence-corrected chi connectivity index (χ1v) is 11.7. The molecule has 1 N–H and O–H groups in total. The van der Waals surface area contributed by atoms with Gasteiger partial charge >= 0.3 is 0 Å². The average Bonchev–Trinajstić information content (AvgIpc) is 3.27. The number of amides is 2. The lowest BCUT2D eigenvalue weighted by atomic mass is 10.1. The van der Waals surface area contributed by atoms with Crippen LogP contribution in [-0.4, -0.2) is 35.4 Å². The van der Waals surface area contributed by atoms with Crippen molar-refractivity contribution >= 4 is 35.0 Å². The summed E-state index contributed by atoms with van der Waals surface area (Å²) in [5.74, 6) is 0.170. The molecular weight excluding hydrogens is 447 g/mol. The maximum absolute atomic E-state index is 13.2. The topological polar surface area (TPSA) is 58.6 Å². The minimum atomic E-state index is -0.629. The Bertz CT molecular complexity index is 933. The number of halogens is 2. The van der Waals surface area contributed by atoms with Crippen molar-refractivity contribution in [2.24, 2.45) is 0 Å². The van der Waals surface area contributed by atoms with E-state index in [4.69, 9.17) is 27.9 Å². The van der Waals surface area contributed by atoms with E-state index in [0.717, 1.165) is 42.4 Å². The third-order valence-electron chi connectivity index (χ3n) is 5.91. The number of hydrogen-bond donors (Lipinski definition) is 1. The highest BCUT2D eigenvalue weighted by molar-refractivity contribution is 6.32. The zero-order valence-corrected chi connectivity index (χ0v) is 20.3. The van der Waals surface area contributed by atoms with Gasteiger partial charge in [-0.05, 0) is 74.6 Å². The van der Waals surface area contributed by atoms with Gasteiger partial charge in [-0.25, -0.2) is 0 Å². The first-order chi connectivity index (χ1) is 15.2. The van der Waals surface area contributed by atoms with E-state index in [0.29, 0.717) is 15.8 Å². The molecule has 0 aromatic heterocycles. The van der Waals surface area contributed by atoms with Gasteiger partial charge in [0.15, 0.2) is 6.61 Å². The van der Waals surface area contributed by atoms with E-state index in [-0.39, 0.29) is 31.0 Å². The summed E-state index contributed by atoms with van der Waals surface area (Å²) >= 11 is 12.2. The fourth-order valence-electron chi connectivity index (χ4n) is 3.98. The van der Waals surface area contributed by atoms with Crippen molar-refractivity contribution in [2.45, 2.75) is 65.1 Å². The predicted molar refractivity (Wildman–Crippen MR) is 128 cm³/mol. The molecule has 0 aliphatic heterocycles. The average molecular weight is 477 g/mol. The van der Waals surface area contributed by atoms with Gasteiger partial charge in [-0.15, -0.1) is 0 Å². The Morgan fingerprint density at radius 2 is 1.69 bits per heavy atom. The first-order valence-electron chi connectivity index (χ1n) is 11.0. The van der Waals surface area contributed by atoms with E-state index >= 15 is 0 Å². The molecule has 0 bridgehead atoms. The van der Waals surface area contributed by atoms with Crippen LogP contribution in [0.1, 0.15) is 49.3 Å². The van der Waals surface area contributed by atoms with Crippen LogP contribution in [0.4, 0.5) is 0 Å². The van der Waals surface area contributed by atoms with Gasteiger partial charge in [0, 0.05) is 22.6 Å². The molecule has 2 amide bonds.